The molecule has 1 fully saturated rings. The fourth-order valence-corrected chi connectivity index (χ4v) is 4.69. The lowest BCUT2D eigenvalue weighted by atomic mass is 10.2. The van der Waals surface area contributed by atoms with E-state index in [1.165, 1.54) is 23.8 Å². The van der Waals surface area contributed by atoms with Crippen molar-refractivity contribution in [3.63, 3.8) is 0 Å². The van der Waals surface area contributed by atoms with Gasteiger partial charge in [-0.1, -0.05) is 0 Å². The molecule has 1 aliphatic rings. The third-order valence-electron chi connectivity index (χ3n) is 4.56. The molecule has 2 rings (SSSR count). The van der Waals surface area contributed by atoms with Crippen molar-refractivity contribution >= 4 is 19.6 Å². The third-order valence-corrected chi connectivity index (χ3v) is 6.37. The van der Waals surface area contributed by atoms with Gasteiger partial charge in [-0.05, 0) is 47.5 Å². The molecule has 0 aliphatic carbocycles. The number of aromatic amines is 1. The Hall–Kier alpha value is -2.31. The van der Waals surface area contributed by atoms with Crippen molar-refractivity contribution in [2.75, 3.05) is 13.2 Å². The molecule has 2 heterocycles. The summed E-state index contributed by atoms with van der Waals surface area (Å²) in [6.07, 6.45) is 0.402. The van der Waals surface area contributed by atoms with E-state index in [1.807, 2.05) is 0 Å². The van der Waals surface area contributed by atoms with Gasteiger partial charge >= 0.3 is 25.3 Å². The van der Waals surface area contributed by atoms with Gasteiger partial charge in [0.1, 0.15) is 18.8 Å². The maximum atomic E-state index is 13.4. The molecule has 0 saturated carbocycles. The zero-order valence-electron chi connectivity index (χ0n) is 19.9. The first-order valence-electron chi connectivity index (χ1n) is 11.0. The van der Waals surface area contributed by atoms with Gasteiger partial charge in [0.15, 0.2) is 0 Å². The normalized spacial score (nSPS) is 20.8. The van der Waals surface area contributed by atoms with Gasteiger partial charge in [0.05, 0.1) is 24.9 Å². The second kappa shape index (κ2) is 12.4. The summed E-state index contributed by atoms with van der Waals surface area (Å²) in [7, 11) is -3.93. The number of carbonyl (C=O) groups excluding carboxylic acids is 2. The van der Waals surface area contributed by atoms with Crippen LogP contribution in [-0.4, -0.2) is 59.0 Å². The molecule has 0 spiro atoms. The Morgan fingerprint density at radius 3 is 2.47 bits per heavy atom. The van der Waals surface area contributed by atoms with Gasteiger partial charge in [0.25, 0.3) is 5.56 Å². The van der Waals surface area contributed by atoms with Crippen LogP contribution < -0.4 is 21.4 Å². The molecule has 192 valence electrons. The monoisotopic (exact) mass is 504 g/mol. The van der Waals surface area contributed by atoms with Gasteiger partial charge in [-0.3, -0.25) is 28.5 Å². The Bertz CT molecular complexity index is 1010. The summed E-state index contributed by atoms with van der Waals surface area (Å²) in [5.41, 5.74) is -1.12. The first-order chi connectivity index (χ1) is 15.9. The highest BCUT2D eigenvalue weighted by Gasteiger charge is 2.34. The summed E-state index contributed by atoms with van der Waals surface area (Å²) in [5, 5.41) is 5.09. The molecule has 3 unspecified atom stereocenters. The molecular weight excluding hydrogens is 471 g/mol. The van der Waals surface area contributed by atoms with Crippen LogP contribution in [0.1, 0.15) is 53.7 Å². The lowest BCUT2D eigenvalue weighted by Crippen LogP contribution is -2.40. The van der Waals surface area contributed by atoms with Crippen LogP contribution in [0.4, 0.5) is 0 Å². The number of ether oxygens (including phenoxy) is 3. The highest BCUT2D eigenvalue weighted by atomic mass is 31.2. The molecule has 34 heavy (non-hydrogen) atoms. The van der Waals surface area contributed by atoms with Gasteiger partial charge in [0, 0.05) is 12.3 Å². The van der Waals surface area contributed by atoms with Gasteiger partial charge in [-0.25, -0.2) is 15.0 Å². The largest absolute Gasteiger partial charge is 0.462 e. The van der Waals surface area contributed by atoms with Crippen molar-refractivity contribution in [2.45, 2.75) is 78.0 Å². The van der Waals surface area contributed by atoms with Crippen LogP contribution in [-0.2, 0) is 32.9 Å². The molecular formula is C20H33N4O9P. The standard InChI is InChI=1S/C20H33N4O9P/c1-12(2)31-18(26)10-21-34(29,23-14(5)19(27)32-13(3)4)30-11-15-6-7-17(33-15)24-9-8-16(25)22-20(24)28/h8-9,12-15,17H,6-7,10-11H2,1-5H3,(H2,21,23,29)(H,22,25,28)/t14-,15?,17?,34?/m0/s1. The van der Waals surface area contributed by atoms with E-state index in [9.17, 15) is 23.7 Å². The van der Waals surface area contributed by atoms with Crippen molar-refractivity contribution < 1.29 is 32.9 Å². The lowest BCUT2D eigenvalue weighted by molar-refractivity contribution is -0.149. The number of esters is 2. The van der Waals surface area contributed by atoms with Crippen molar-refractivity contribution in [3.8, 4) is 0 Å². The molecule has 0 amide bonds. The van der Waals surface area contributed by atoms with E-state index >= 15 is 0 Å². The number of rotatable bonds is 12. The second-order valence-corrected chi connectivity index (χ2v) is 10.3. The SMILES string of the molecule is CC(C)OC(=O)CNP(=O)(N[C@@H](C)C(=O)OC(C)C)OCC1CCC(n2ccc(=O)[nH]c2=O)O1. The first kappa shape index (κ1) is 27.9. The molecule has 1 aliphatic heterocycles. The van der Waals surface area contributed by atoms with Gasteiger partial charge in [-0.2, -0.15) is 0 Å². The van der Waals surface area contributed by atoms with Crippen molar-refractivity contribution in [1.29, 1.82) is 0 Å². The number of H-pyrrole nitrogens is 1. The van der Waals surface area contributed by atoms with Crippen molar-refractivity contribution in [3.05, 3.63) is 33.1 Å². The number of nitrogens with zero attached hydrogens (tertiary/aromatic N) is 1. The molecule has 14 heteroatoms. The van der Waals surface area contributed by atoms with E-state index in [1.54, 1.807) is 27.7 Å². The van der Waals surface area contributed by atoms with Crippen molar-refractivity contribution in [1.82, 2.24) is 19.7 Å². The molecule has 1 aromatic rings. The average Bonchev–Trinajstić information content (AvgIpc) is 3.19. The van der Waals surface area contributed by atoms with E-state index in [-0.39, 0.29) is 18.8 Å². The van der Waals surface area contributed by atoms with E-state index in [2.05, 4.69) is 15.2 Å². The molecule has 3 N–H and O–H groups in total. The molecule has 0 bridgehead atoms. The number of carbonyl (C=O) groups is 2. The van der Waals surface area contributed by atoms with Crippen LogP contribution in [0.2, 0.25) is 0 Å². The zero-order chi connectivity index (χ0) is 25.5. The Morgan fingerprint density at radius 2 is 1.85 bits per heavy atom. The smallest absolute Gasteiger partial charge is 0.342 e. The minimum absolute atomic E-state index is 0.156. The van der Waals surface area contributed by atoms with Crippen LogP contribution in [0.25, 0.3) is 0 Å². The Morgan fingerprint density at radius 1 is 1.18 bits per heavy atom. The Balaban J connectivity index is 2.03. The third kappa shape index (κ3) is 8.80. The average molecular weight is 504 g/mol. The predicted molar refractivity (Wildman–Crippen MR) is 121 cm³/mol. The summed E-state index contributed by atoms with van der Waals surface area (Å²) in [4.78, 5) is 49.5. The Kier molecular flexibility index (Phi) is 10.2. The van der Waals surface area contributed by atoms with Crippen LogP contribution in [0, 0.1) is 0 Å². The van der Waals surface area contributed by atoms with Crippen molar-refractivity contribution in [2.24, 2.45) is 0 Å². The number of aromatic nitrogens is 2. The summed E-state index contributed by atoms with van der Waals surface area (Å²) in [5.74, 6) is -1.28. The Labute approximate surface area is 197 Å². The summed E-state index contributed by atoms with van der Waals surface area (Å²) >= 11 is 0. The van der Waals surface area contributed by atoms with Gasteiger partial charge in [-0.15, -0.1) is 0 Å². The maximum Gasteiger partial charge on any atom is 0.342 e. The highest BCUT2D eigenvalue weighted by Crippen LogP contribution is 2.40. The fourth-order valence-electron chi connectivity index (χ4n) is 3.10. The molecule has 0 radical (unpaired) electrons. The maximum absolute atomic E-state index is 13.4. The van der Waals surface area contributed by atoms with E-state index in [4.69, 9.17) is 18.7 Å². The fraction of sp³-hybridized carbons (Fsp3) is 0.700. The highest BCUT2D eigenvalue weighted by molar-refractivity contribution is 7.54. The summed E-state index contributed by atoms with van der Waals surface area (Å²) in [6, 6.07) is 0.212. The molecule has 4 atom stereocenters. The summed E-state index contributed by atoms with van der Waals surface area (Å²) in [6.45, 7) is 7.60. The van der Waals surface area contributed by atoms with E-state index in [0.29, 0.717) is 12.8 Å². The van der Waals surface area contributed by atoms with E-state index < -0.39 is 55.8 Å². The van der Waals surface area contributed by atoms with Crippen LogP contribution in [0.3, 0.4) is 0 Å². The zero-order valence-corrected chi connectivity index (χ0v) is 20.8. The minimum atomic E-state index is -3.93. The summed E-state index contributed by atoms with van der Waals surface area (Å²) < 4.78 is 36.2. The van der Waals surface area contributed by atoms with Gasteiger partial charge < -0.3 is 18.7 Å². The van der Waals surface area contributed by atoms with Crippen LogP contribution in [0.15, 0.2) is 21.9 Å². The van der Waals surface area contributed by atoms with E-state index in [0.717, 1.165) is 0 Å². The quantitative estimate of drug-likeness (QED) is 0.272. The molecule has 0 aromatic carbocycles. The second-order valence-electron chi connectivity index (χ2n) is 8.36. The first-order valence-corrected chi connectivity index (χ1v) is 12.7. The van der Waals surface area contributed by atoms with Crippen LogP contribution >= 0.6 is 7.67 Å². The van der Waals surface area contributed by atoms with Crippen LogP contribution in [0.5, 0.6) is 0 Å². The number of hydrogen-bond donors (Lipinski definition) is 3. The number of nitrogens with one attached hydrogen (secondary N) is 3. The van der Waals surface area contributed by atoms with Gasteiger partial charge in [0.2, 0.25) is 0 Å². The minimum Gasteiger partial charge on any atom is -0.462 e. The molecule has 1 aromatic heterocycles. The number of hydrogen-bond acceptors (Lipinski definition) is 9. The molecule has 13 nitrogen and oxygen atoms in total. The lowest BCUT2D eigenvalue weighted by Gasteiger charge is -2.25. The predicted octanol–water partition coefficient (Wildman–Crippen LogP) is 0.810. The topological polar surface area (TPSA) is 167 Å². The molecule has 1 saturated heterocycles.